The van der Waals surface area contributed by atoms with Crippen molar-refractivity contribution in [3.8, 4) is 0 Å². The number of hydrogen-bond acceptors (Lipinski definition) is 2. The lowest BCUT2D eigenvalue weighted by molar-refractivity contribution is 0.296. The Bertz CT molecular complexity index is 237. The van der Waals surface area contributed by atoms with Gasteiger partial charge in [0.25, 0.3) is 0 Å². The molecule has 12 heavy (non-hydrogen) atoms. The van der Waals surface area contributed by atoms with Gasteiger partial charge in [0.15, 0.2) is 0 Å². The lowest BCUT2D eigenvalue weighted by Crippen LogP contribution is -2.26. The van der Waals surface area contributed by atoms with Crippen LogP contribution in [0.1, 0.15) is 12.8 Å². The van der Waals surface area contributed by atoms with Crippen LogP contribution < -0.4 is 0 Å². The van der Waals surface area contributed by atoms with Gasteiger partial charge >= 0.3 is 0 Å². The first-order chi connectivity index (χ1) is 5.65. The molecule has 1 nitrogen and oxygen atoms in total. The standard InChI is InChI=1S/C8H9F2NS/c9-5-1-2-6(7(10)3-5)8(11)4-12/h3-4,6-7,11H,1-2H2. The van der Waals surface area contributed by atoms with Crippen LogP contribution in [0.5, 0.6) is 0 Å². The third kappa shape index (κ3) is 1.94. The molecular weight excluding hydrogens is 180 g/mol. The quantitative estimate of drug-likeness (QED) is 0.524. The zero-order valence-electron chi connectivity index (χ0n) is 6.39. The van der Waals surface area contributed by atoms with Crippen molar-refractivity contribution in [2.24, 2.45) is 5.92 Å². The Labute approximate surface area is 75.0 Å². The minimum absolute atomic E-state index is 0.0845. The van der Waals surface area contributed by atoms with Gasteiger partial charge in [-0.25, -0.2) is 8.78 Å². The summed E-state index contributed by atoms with van der Waals surface area (Å²) in [4.78, 5) is 0. The van der Waals surface area contributed by atoms with Crippen LogP contribution in [0, 0.1) is 11.3 Å². The summed E-state index contributed by atoms with van der Waals surface area (Å²) < 4.78 is 25.5. The SMILES string of the molecule is N=C(C=S)C1CCC(F)=CC1F. The number of hydrogen-bond donors (Lipinski definition) is 1. The maximum Gasteiger partial charge on any atom is 0.129 e. The third-order valence-electron chi connectivity index (χ3n) is 1.95. The molecule has 1 rings (SSSR count). The molecule has 4 heteroatoms. The molecule has 0 amide bonds. The fourth-order valence-electron chi connectivity index (χ4n) is 1.24. The molecule has 0 bridgehead atoms. The molecule has 2 unspecified atom stereocenters. The topological polar surface area (TPSA) is 23.9 Å². The molecule has 0 saturated heterocycles. The lowest BCUT2D eigenvalue weighted by atomic mass is 9.88. The molecule has 0 aliphatic heterocycles. The smallest absolute Gasteiger partial charge is 0.129 e. The van der Waals surface area contributed by atoms with Gasteiger partial charge in [-0.05, 0) is 18.9 Å². The molecular formula is C8H9F2NS. The van der Waals surface area contributed by atoms with Gasteiger partial charge in [0, 0.05) is 17.0 Å². The van der Waals surface area contributed by atoms with Crippen LogP contribution in [0.4, 0.5) is 8.78 Å². The van der Waals surface area contributed by atoms with Gasteiger partial charge in [0.2, 0.25) is 0 Å². The van der Waals surface area contributed by atoms with Crippen molar-refractivity contribution in [1.29, 1.82) is 5.41 Å². The summed E-state index contributed by atoms with van der Waals surface area (Å²) in [6.45, 7) is 0. The van der Waals surface area contributed by atoms with Gasteiger partial charge in [-0.1, -0.05) is 12.2 Å². The van der Waals surface area contributed by atoms with Gasteiger partial charge in [-0.2, -0.15) is 0 Å². The van der Waals surface area contributed by atoms with E-state index in [-0.39, 0.29) is 12.1 Å². The minimum Gasteiger partial charge on any atom is -0.304 e. The Kier molecular flexibility index (Phi) is 3.03. The highest BCUT2D eigenvalue weighted by Crippen LogP contribution is 2.27. The highest BCUT2D eigenvalue weighted by Gasteiger charge is 2.27. The fraction of sp³-hybridized carbons (Fsp3) is 0.500. The first-order valence-electron chi connectivity index (χ1n) is 3.69. The number of allylic oxidation sites excluding steroid dienone is 2. The number of alkyl halides is 1. The summed E-state index contributed by atoms with van der Waals surface area (Å²) in [6.07, 6.45) is 0.110. The van der Waals surface area contributed by atoms with Crippen LogP contribution in [0.25, 0.3) is 0 Å². The Morgan fingerprint density at radius 3 is 2.92 bits per heavy atom. The summed E-state index contributed by atoms with van der Waals surface area (Å²) >= 11 is 4.51. The maximum absolute atomic E-state index is 13.0. The van der Waals surface area contributed by atoms with Gasteiger partial charge in [0.1, 0.15) is 6.17 Å². The number of thiocarbonyl (C=S) groups is 1. The molecule has 0 fully saturated rings. The molecule has 1 aliphatic rings. The van der Waals surface area contributed by atoms with E-state index >= 15 is 0 Å². The zero-order valence-corrected chi connectivity index (χ0v) is 7.20. The maximum atomic E-state index is 13.0. The molecule has 0 radical (unpaired) electrons. The van der Waals surface area contributed by atoms with Crippen molar-refractivity contribution in [1.82, 2.24) is 0 Å². The summed E-state index contributed by atoms with van der Waals surface area (Å²) in [7, 11) is 0. The van der Waals surface area contributed by atoms with E-state index in [0.29, 0.717) is 6.42 Å². The molecule has 2 atom stereocenters. The average Bonchev–Trinajstić information content (AvgIpc) is 2.03. The number of nitrogens with one attached hydrogen (secondary N) is 1. The monoisotopic (exact) mass is 189 g/mol. The van der Waals surface area contributed by atoms with Gasteiger partial charge in [-0.3, -0.25) is 0 Å². The van der Waals surface area contributed by atoms with Crippen molar-refractivity contribution in [2.75, 3.05) is 0 Å². The van der Waals surface area contributed by atoms with Crippen LogP contribution in [0.3, 0.4) is 0 Å². The summed E-state index contributed by atoms with van der Waals surface area (Å²) in [5.41, 5.74) is 0.0845. The summed E-state index contributed by atoms with van der Waals surface area (Å²) in [5, 5.41) is 8.42. The molecule has 1 aliphatic carbocycles. The molecule has 66 valence electrons. The molecule has 1 N–H and O–H groups in total. The van der Waals surface area contributed by atoms with E-state index in [1.807, 2.05) is 0 Å². The van der Waals surface area contributed by atoms with Crippen molar-refractivity contribution in [3.63, 3.8) is 0 Å². The first kappa shape index (κ1) is 9.45. The second-order valence-electron chi connectivity index (χ2n) is 2.78. The molecule has 0 spiro atoms. The van der Waals surface area contributed by atoms with Crippen molar-refractivity contribution >= 4 is 23.3 Å². The second kappa shape index (κ2) is 3.85. The largest absolute Gasteiger partial charge is 0.304 e. The highest BCUT2D eigenvalue weighted by molar-refractivity contribution is 7.80. The second-order valence-corrected chi connectivity index (χ2v) is 3.01. The molecule has 0 heterocycles. The van der Waals surface area contributed by atoms with E-state index in [2.05, 4.69) is 12.2 Å². The average molecular weight is 189 g/mol. The van der Waals surface area contributed by atoms with E-state index in [0.717, 1.165) is 11.4 Å². The van der Waals surface area contributed by atoms with Crippen molar-refractivity contribution in [2.45, 2.75) is 19.0 Å². The van der Waals surface area contributed by atoms with Crippen molar-refractivity contribution in [3.05, 3.63) is 11.9 Å². The van der Waals surface area contributed by atoms with Crippen LogP contribution in [0.2, 0.25) is 0 Å². The summed E-state index contributed by atoms with van der Waals surface area (Å²) in [6, 6.07) is 0. The zero-order chi connectivity index (χ0) is 9.14. The fourth-order valence-corrected chi connectivity index (χ4v) is 1.41. The predicted molar refractivity (Wildman–Crippen MR) is 48.2 cm³/mol. The van der Waals surface area contributed by atoms with Crippen LogP contribution >= 0.6 is 12.2 Å². The van der Waals surface area contributed by atoms with E-state index in [9.17, 15) is 8.78 Å². The highest BCUT2D eigenvalue weighted by atomic mass is 32.1. The summed E-state index contributed by atoms with van der Waals surface area (Å²) in [5.74, 6) is -0.960. The van der Waals surface area contributed by atoms with Gasteiger partial charge in [-0.15, -0.1) is 0 Å². The van der Waals surface area contributed by atoms with Crippen LogP contribution in [-0.4, -0.2) is 17.3 Å². The van der Waals surface area contributed by atoms with E-state index in [4.69, 9.17) is 5.41 Å². The van der Waals surface area contributed by atoms with E-state index in [1.165, 1.54) is 0 Å². The van der Waals surface area contributed by atoms with E-state index in [1.54, 1.807) is 0 Å². The van der Waals surface area contributed by atoms with Gasteiger partial charge in [0.05, 0.1) is 5.83 Å². The van der Waals surface area contributed by atoms with Crippen molar-refractivity contribution < 1.29 is 8.78 Å². The predicted octanol–water partition coefficient (Wildman–Crippen LogP) is 2.61. The minimum atomic E-state index is -1.38. The molecule has 0 aromatic heterocycles. The van der Waals surface area contributed by atoms with Crippen LogP contribution in [-0.2, 0) is 0 Å². The normalized spacial score (nSPS) is 29.3. The van der Waals surface area contributed by atoms with Gasteiger partial charge < -0.3 is 5.41 Å². The van der Waals surface area contributed by atoms with E-state index < -0.39 is 17.9 Å². The Balaban J connectivity index is 2.71. The number of rotatable bonds is 2. The Morgan fingerprint density at radius 1 is 1.75 bits per heavy atom. The molecule has 0 aromatic rings. The first-order valence-corrected chi connectivity index (χ1v) is 4.16. The molecule has 0 aromatic carbocycles. The van der Waals surface area contributed by atoms with Crippen LogP contribution in [0.15, 0.2) is 11.9 Å². The third-order valence-corrected chi connectivity index (χ3v) is 2.20. The Morgan fingerprint density at radius 2 is 2.42 bits per heavy atom. The lowest BCUT2D eigenvalue weighted by Gasteiger charge is -2.21. The Hall–Kier alpha value is -0.640. The molecule has 0 saturated carbocycles. The number of halogens is 2.